The number of unbranched alkanes of at least 4 members (excludes halogenated alkanes) is 1. The lowest BCUT2D eigenvalue weighted by Gasteiger charge is -2.02. The summed E-state index contributed by atoms with van der Waals surface area (Å²) >= 11 is 0. The average Bonchev–Trinajstić information content (AvgIpc) is 2.49. The molecule has 132 valence electrons. The fraction of sp³-hybridized carbons (Fsp3) is 0.636. The third-order valence-corrected chi connectivity index (χ3v) is 4.00. The highest BCUT2D eigenvalue weighted by Crippen LogP contribution is 2.13. The smallest absolute Gasteiger partial charge is 0.0434 e. The first-order valence-electron chi connectivity index (χ1n) is 9.16. The Hall–Kier alpha value is -1.08. The molecule has 0 aliphatic heterocycles. The summed E-state index contributed by atoms with van der Waals surface area (Å²) in [4.78, 5) is 0. The second-order valence-corrected chi connectivity index (χ2v) is 6.91. The zero-order chi connectivity index (χ0) is 17.5. The lowest BCUT2D eigenvalue weighted by molar-refractivity contribution is 0.288. The molecule has 0 aromatic rings. The Labute approximate surface area is 144 Å². The van der Waals surface area contributed by atoms with E-state index in [1.165, 1.54) is 41.6 Å². The van der Waals surface area contributed by atoms with Crippen molar-refractivity contribution in [1.82, 2.24) is 0 Å². The van der Waals surface area contributed by atoms with E-state index >= 15 is 0 Å². The first-order valence-corrected chi connectivity index (χ1v) is 9.16. The van der Waals surface area contributed by atoms with Gasteiger partial charge in [-0.15, -0.1) is 0 Å². The first-order chi connectivity index (χ1) is 11.0. The molecule has 0 bridgehead atoms. The van der Waals surface area contributed by atoms with Gasteiger partial charge >= 0.3 is 0 Å². The molecule has 0 spiro atoms. The second-order valence-electron chi connectivity index (χ2n) is 6.91. The Morgan fingerprint density at radius 1 is 0.609 bits per heavy atom. The topological polar surface area (TPSA) is 20.2 Å². The predicted octanol–water partition coefficient (Wildman–Crippen LogP) is 6.90. The van der Waals surface area contributed by atoms with E-state index in [1.54, 1.807) is 0 Å². The van der Waals surface area contributed by atoms with Gasteiger partial charge in [-0.1, -0.05) is 46.6 Å². The third kappa shape index (κ3) is 15.6. The van der Waals surface area contributed by atoms with Crippen molar-refractivity contribution in [1.29, 1.82) is 0 Å². The molecular formula is C22H38O. The van der Waals surface area contributed by atoms with Crippen molar-refractivity contribution in [2.24, 2.45) is 0 Å². The van der Waals surface area contributed by atoms with Crippen LogP contribution in [-0.4, -0.2) is 11.7 Å². The van der Waals surface area contributed by atoms with Gasteiger partial charge in [0, 0.05) is 6.61 Å². The minimum absolute atomic E-state index is 0.297. The van der Waals surface area contributed by atoms with Crippen LogP contribution in [-0.2, 0) is 0 Å². The van der Waals surface area contributed by atoms with Crippen LogP contribution >= 0.6 is 0 Å². The number of rotatable bonds is 12. The molecule has 1 heteroatoms. The van der Waals surface area contributed by atoms with E-state index in [0.717, 1.165) is 32.1 Å². The van der Waals surface area contributed by atoms with Gasteiger partial charge < -0.3 is 5.11 Å². The summed E-state index contributed by atoms with van der Waals surface area (Å²) in [7, 11) is 0. The van der Waals surface area contributed by atoms with Crippen molar-refractivity contribution in [3.05, 3.63) is 46.6 Å². The van der Waals surface area contributed by atoms with Gasteiger partial charge in [0.15, 0.2) is 0 Å². The molecule has 0 radical (unpaired) electrons. The zero-order valence-corrected chi connectivity index (χ0v) is 16.1. The number of hydrogen-bond donors (Lipinski definition) is 1. The highest BCUT2D eigenvalue weighted by Gasteiger charge is 1.93. The minimum atomic E-state index is 0.297. The zero-order valence-electron chi connectivity index (χ0n) is 16.1. The molecule has 1 nitrogen and oxygen atoms in total. The molecule has 0 saturated heterocycles. The largest absolute Gasteiger partial charge is 0.396 e. The van der Waals surface area contributed by atoms with Crippen LogP contribution in [0.25, 0.3) is 0 Å². The van der Waals surface area contributed by atoms with E-state index in [1.807, 2.05) is 0 Å². The molecule has 0 amide bonds. The Bertz CT molecular complexity index is 417. The highest BCUT2D eigenvalue weighted by molar-refractivity contribution is 5.06. The number of allylic oxidation sites excluding steroid dienone is 8. The van der Waals surface area contributed by atoms with E-state index in [9.17, 15) is 0 Å². The van der Waals surface area contributed by atoms with Gasteiger partial charge in [-0.25, -0.2) is 0 Å². The standard InChI is InChI=1S/C22H38O/c1-19(2)11-8-14-22(5)16-9-15-20(3)12-6-7-13-21(4)17-10-18-23/h11-13,16,23H,6-10,14-15,17-18H2,1-5H3/b20-12+,21-13+,22-16+. The molecule has 0 atom stereocenters. The van der Waals surface area contributed by atoms with E-state index in [-0.39, 0.29) is 0 Å². The molecule has 0 unspecified atom stereocenters. The Balaban J connectivity index is 3.91. The lowest BCUT2D eigenvalue weighted by atomic mass is 10.0. The normalized spacial score (nSPS) is 13.4. The summed E-state index contributed by atoms with van der Waals surface area (Å²) in [5.74, 6) is 0. The highest BCUT2D eigenvalue weighted by atomic mass is 16.2. The summed E-state index contributed by atoms with van der Waals surface area (Å²) in [6.07, 6.45) is 18.3. The van der Waals surface area contributed by atoms with Crippen molar-refractivity contribution in [3.8, 4) is 0 Å². The van der Waals surface area contributed by atoms with Crippen LogP contribution in [0.2, 0.25) is 0 Å². The van der Waals surface area contributed by atoms with E-state index in [4.69, 9.17) is 5.11 Å². The summed E-state index contributed by atoms with van der Waals surface area (Å²) < 4.78 is 0. The van der Waals surface area contributed by atoms with Crippen LogP contribution in [0, 0.1) is 0 Å². The number of aliphatic hydroxyl groups excluding tert-OH is 1. The maximum absolute atomic E-state index is 8.81. The number of aliphatic hydroxyl groups is 1. The molecule has 0 aliphatic rings. The van der Waals surface area contributed by atoms with Gasteiger partial charge in [0.2, 0.25) is 0 Å². The van der Waals surface area contributed by atoms with E-state index in [2.05, 4.69) is 58.9 Å². The molecular weight excluding hydrogens is 280 g/mol. The summed E-state index contributed by atoms with van der Waals surface area (Å²) in [6, 6.07) is 0. The van der Waals surface area contributed by atoms with Gasteiger partial charge in [0.05, 0.1) is 0 Å². The SMILES string of the molecule is CC(C)=CCC/C(C)=C/CC/C(C)=C/CC/C=C(\C)CCCO. The van der Waals surface area contributed by atoms with Gasteiger partial charge in [-0.2, -0.15) is 0 Å². The summed E-state index contributed by atoms with van der Waals surface area (Å²) in [6.45, 7) is 11.3. The van der Waals surface area contributed by atoms with Crippen molar-refractivity contribution in [3.63, 3.8) is 0 Å². The van der Waals surface area contributed by atoms with Crippen LogP contribution in [0.15, 0.2) is 46.6 Å². The third-order valence-electron chi connectivity index (χ3n) is 4.00. The van der Waals surface area contributed by atoms with Crippen LogP contribution < -0.4 is 0 Å². The van der Waals surface area contributed by atoms with Crippen LogP contribution in [0.5, 0.6) is 0 Å². The molecule has 0 aliphatic carbocycles. The Morgan fingerprint density at radius 3 is 1.52 bits per heavy atom. The van der Waals surface area contributed by atoms with E-state index < -0.39 is 0 Å². The van der Waals surface area contributed by atoms with Crippen LogP contribution in [0.3, 0.4) is 0 Å². The fourth-order valence-electron chi connectivity index (χ4n) is 2.46. The molecule has 23 heavy (non-hydrogen) atoms. The molecule has 0 fully saturated rings. The van der Waals surface area contributed by atoms with Crippen LogP contribution in [0.1, 0.15) is 86.0 Å². The molecule has 0 rings (SSSR count). The second kappa shape index (κ2) is 14.5. The average molecular weight is 319 g/mol. The lowest BCUT2D eigenvalue weighted by Crippen LogP contribution is -1.84. The minimum Gasteiger partial charge on any atom is -0.396 e. The monoisotopic (exact) mass is 318 g/mol. The maximum atomic E-state index is 8.81. The van der Waals surface area contributed by atoms with Crippen LogP contribution in [0.4, 0.5) is 0 Å². The first kappa shape index (κ1) is 21.9. The predicted molar refractivity (Wildman–Crippen MR) is 105 cm³/mol. The Morgan fingerprint density at radius 2 is 1.04 bits per heavy atom. The summed E-state index contributed by atoms with van der Waals surface area (Å²) in [5, 5.41) is 8.81. The van der Waals surface area contributed by atoms with Crippen molar-refractivity contribution in [2.45, 2.75) is 86.0 Å². The van der Waals surface area contributed by atoms with Gasteiger partial charge in [-0.05, 0) is 86.0 Å². The maximum Gasteiger partial charge on any atom is 0.0434 e. The molecule has 0 aromatic heterocycles. The molecule has 1 N–H and O–H groups in total. The van der Waals surface area contributed by atoms with Crippen molar-refractivity contribution in [2.75, 3.05) is 6.61 Å². The van der Waals surface area contributed by atoms with Gasteiger partial charge in [0.1, 0.15) is 0 Å². The molecule has 0 heterocycles. The van der Waals surface area contributed by atoms with E-state index in [0.29, 0.717) is 6.61 Å². The fourth-order valence-corrected chi connectivity index (χ4v) is 2.46. The van der Waals surface area contributed by atoms with Crippen molar-refractivity contribution >= 4 is 0 Å². The quantitative estimate of drug-likeness (QED) is 0.306. The number of hydrogen-bond acceptors (Lipinski definition) is 1. The van der Waals surface area contributed by atoms with Gasteiger partial charge in [-0.3, -0.25) is 0 Å². The molecule has 0 aromatic carbocycles. The van der Waals surface area contributed by atoms with Crippen molar-refractivity contribution < 1.29 is 5.11 Å². The summed E-state index contributed by atoms with van der Waals surface area (Å²) in [5.41, 5.74) is 5.83. The van der Waals surface area contributed by atoms with Gasteiger partial charge in [0.25, 0.3) is 0 Å². The Kier molecular flexibility index (Phi) is 13.8. The molecule has 0 saturated carbocycles.